The van der Waals surface area contributed by atoms with Crippen molar-refractivity contribution in [2.24, 2.45) is 0 Å². The fraction of sp³-hybridized carbons (Fsp3) is 0.333. The van der Waals surface area contributed by atoms with Crippen LogP contribution in [0.25, 0.3) is 0 Å². The van der Waals surface area contributed by atoms with Gasteiger partial charge in [-0.15, -0.1) is 0 Å². The molecule has 1 aliphatic rings. The molecule has 0 saturated carbocycles. The monoisotopic (exact) mass is 343 g/mol. The topological polar surface area (TPSA) is 81.7 Å². The third-order valence-electron chi connectivity index (χ3n) is 3.63. The van der Waals surface area contributed by atoms with E-state index in [-0.39, 0.29) is 5.91 Å². The standard InChI is InChI=1S/C18H21N3O4/c1-23-8-2-6-20-18(22)15-11-14(5-7-19-15)21-13-3-4-16-17(12-13)25-10-9-24-16/h3-5,7,11-12H,2,6,8-10H2,1H3,(H,19,21)(H,20,22). The van der Waals surface area contributed by atoms with Gasteiger partial charge in [0, 0.05) is 43.9 Å². The lowest BCUT2D eigenvalue weighted by Gasteiger charge is -2.19. The van der Waals surface area contributed by atoms with Crippen molar-refractivity contribution >= 4 is 17.3 Å². The van der Waals surface area contributed by atoms with E-state index in [2.05, 4.69) is 15.6 Å². The van der Waals surface area contributed by atoms with Crippen LogP contribution in [0.2, 0.25) is 0 Å². The number of hydrogen-bond acceptors (Lipinski definition) is 6. The van der Waals surface area contributed by atoms with Crippen LogP contribution in [0, 0.1) is 0 Å². The number of benzene rings is 1. The Hall–Kier alpha value is -2.80. The first-order valence-electron chi connectivity index (χ1n) is 8.16. The maximum atomic E-state index is 12.1. The summed E-state index contributed by atoms with van der Waals surface area (Å²) in [5, 5.41) is 6.07. The van der Waals surface area contributed by atoms with Gasteiger partial charge in [0.25, 0.3) is 5.91 Å². The second-order valence-electron chi connectivity index (χ2n) is 5.52. The number of pyridine rings is 1. The van der Waals surface area contributed by atoms with Gasteiger partial charge in [-0.1, -0.05) is 0 Å². The lowest BCUT2D eigenvalue weighted by atomic mass is 10.2. The maximum absolute atomic E-state index is 12.1. The lowest BCUT2D eigenvalue weighted by molar-refractivity contribution is 0.0943. The van der Waals surface area contributed by atoms with Crippen molar-refractivity contribution in [3.05, 3.63) is 42.2 Å². The molecule has 1 aromatic carbocycles. The molecule has 1 amide bonds. The predicted octanol–water partition coefficient (Wildman–Crippen LogP) is 2.36. The number of hydrogen-bond donors (Lipinski definition) is 2. The quantitative estimate of drug-likeness (QED) is 0.751. The minimum Gasteiger partial charge on any atom is -0.486 e. The zero-order valence-electron chi connectivity index (χ0n) is 14.1. The van der Waals surface area contributed by atoms with Crippen LogP contribution in [-0.2, 0) is 4.74 Å². The van der Waals surface area contributed by atoms with Gasteiger partial charge in [-0.25, -0.2) is 0 Å². The predicted molar refractivity (Wildman–Crippen MR) is 93.8 cm³/mol. The van der Waals surface area contributed by atoms with Crippen LogP contribution in [0.1, 0.15) is 16.9 Å². The molecule has 7 heteroatoms. The highest BCUT2D eigenvalue weighted by Crippen LogP contribution is 2.33. The molecule has 0 fully saturated rings. The third-order valence-corrected chi connectivity index (χ3v) is 3.63. The van der Waals surface area contributed by atoms with E-state index in [4.69, 9.17) is 14.2 Å². The fourth-order valence-corrected chi connectivity index (χ4v) is 2.43. The van der Waals surface area contributed by atoms with Crippen molar-refractivity contribution in [1.29, 1.82) is 0 Å². The van der Waals surface area contributed by atoms with E-state index in [1.165, 1.54) is 0 Å². The molecule has 0 aliphatic carbocycles. The van der Waals surface area contributed by atoms with E-state index in [9.17, 15) is 4.79 Å². The zero-order valence-corrected chi connectivity index (χ0v) is 14.1. The first-order chi connectivity index (χ1) is 12.3. The van der Waals surface area contributed by atoms with Crippen LogP contribution in [0.5, 0.6) is 11.5 Å². The van der Waals surface area contributed by atoms with E-state index < -0.39 is 0 Å². The molecule has 2 N–H and O–H groups in total. The van der Waals surface area contributed by atoms with Crippen LogP contribution in [0.4, 0.5) is 11.4 Å². The molecule has 2 aromatic rings. The largest absolute Gasteiger partial charge is 0.486 e. The van der Waals surface area contributed by atoms with Gasteiger partial charge in [-0.05, 0) is 30.7 Å². The van der Waals surface area contributed by atoms with Crippen molar-refractivity contribution in [2.75, 3.05) is 38.8 Å². The van der Waals surface area contributed by atoms with Crippen LogP contribution in [0.15, 0.2) is 36.5 Å². The number of aromatic nitrogens is 1. The van der Waals surface area contributed by atoms with Crippen molar-refractivity contribution in [3.8, 4) is 11.5 Å². The third kappa shape index (κ3) is 4.60. The van der Waals surface area contributed by atoms with Crippen LogP contribution >= 0.6 is 0 Å². The van der Waals surface area contributed by atoms with Gasteiger partial charge in [-0.2, -0.15) is 0 Å². The Labute approximate surface area is 146 Å². The van der Waals surface area contributed by atoms with Gasteiger partial charge in [0.2, 0.25) is 0 Å². The van der Waals surface area contributed by atoms with Crippen LogP contribution in [-0.4, -0.2) is 44.4 Å². The van der Waals surface area contributed by atoms with Crippen molar-refractivity contribution in [1.82, 2.24) is 10.3 Å². The molecule has 2 heterocycles. The molecule has 1 aromatic heterocycles. The average molecular weight is 343 g/mol. The summed E-state index contributed by atoms with van der Waals surface area (Å²) in [5.74, 6) is 1.24. The minimum atomic E-state index is -0.207. The molecule has 132 valence electrons. The van der Waals surface area contributed by atoms with Gasteiger partial charge >= 0.3 is 0 Å². The molecule has 0 saturated heterocycles. The van der Waals surface area contributed by atoms with Crippen LogP contribution in [0.3, 0.4) is 0 Å². The van der Waals surface area contributed by atoms with Crippen molar-refractivity contribution in [2.45, 2.75) is 6.42 Å². The molecule has 3 rings (SSSR count). The molecule has 0 radical (unpaired) electrons. The highest BCUT2D eigenvalue weighted by molar-refractivity contribution is 5.93. The number of anilines is 2. The summed E-state index contributed by atoms with van der Waals surface area (Å²) in [7, 11) is 1.64. The smallest absolute Gasteiger partial charge is 0.269 e. The summed E-state index contributed by atoms with van der Waals surface area (Å²) in [4.78, 5) is 16.2. The van der Waals surface area contributed by atoms with E-state index >= 15 is 0 Å². The number of nitrogens with zero attached hydrogens (tertiary/aromatic N) is 1. The first kappa shape index (κ1) is 17.0. The zero-order chi connectivity index (χ0) is 17.5. The first-order valence-corrected chi connectivity index (χ1v) is 8.16. The summed E-state index contributed by atoms with van der Waals surface area (Å²) < 4.78 is 16.0. The second-order valence-corrected chi connectivity index (χ2v) is 5.52. The number of fused-ring (bicyclic) bond motifs is 1. The summed E-state index contributed by atoms with van der Waals surface area (Å²) in [6.07, 6.45) is 2.36. The number of carbonyl (C=O) groups is 1. The van der Waals surface area contributed by atoms with Gasteiger partial charge in [0.15, 0.2) is 11.5 Å². The summed E-state index contributed by atoms with van der Waals surface area (Å²) in [6, 6.07) is 9.15. The van der Waals surface area contributed by atoms with Crippen LogP contribution < -0.4 is 20.1 Å². The fourth-order valence-electron chi connectivity index (χ4n) is 2.43. The molecule has 0 atom stereocenters. The summed E-state index contributed by atoms with van der Waals surface area (Å²) >= 11 is 0. The van der Waals surface area contributed by atoms with E-state index in [0.29, 0.717) is 37.8 Å². The lowest BCUT2D eigenvalue weighted by Crippen LogP contribution is -2.26. The average Bonchev–Trinajstić information content (AvgIpc) is 2.65. The Kier molecular flexibility index (Phi) is 5.69. The highest BCUT2D eigenvalue weighted by atomic mass is 16.6. The minimum absolute atomic E-state index is 0.207. The molecule has 1 aliphatic heterocycles. The van der Waals surface area contributed by atoms with Gasteiger partial charge in [0.05, 0.1) is 0 Å². The summed E-state index contributed by atoms with van der Waals surface area (Å²) in [5.41, 5.74) is 1.98. The highest BCUT2D eigenvalue weighted by Gasteiger charge is 2.12. The molecule has 25 heavy (non-hydrogen) atoms. The van der Waals surface area contributed by atoms with Crippen molar-refractivity contribution < 1.29 is 19.0 Å². The molecule has 0 bridgehead atoms. The van der Waals surface area contributed by atoms with E-state index in [0.717, 1.165) is 23.5 Å². The number of amides is 1. The normalized spacial score (nSPS) is 12.5. The number of ether oxygens (including phenoxy) is 3. The maximum Gasteiger partial charge on any atom is 0.269 e. The number of carbonyl (C=O) groups excluding carboxylic acids is 1. The number of methoxy groups -OCH3 is 1. The Balaban J connectivity index is 1.64. The molecular formula is C18H21N3O4. The molecular weight excluding hydrogens is 322 g/mol. The SMILES string of the molecule is COCCCNC(=O)c1cc(Nc2ccc3c(c2)OCCO3)ccn1. The van der Waals surface area contributed by atoms with E-state index in [1.807, 2.05) is 18.2 Å². The Morgan fingerprint density at radius 3 is 2.80 bits per heavy atom. The van der Waals surface area contributed by atoms with Gasteiger partial charge < -0.3 is 24.8 Å². The molecule has 0 unspecified atom stereocenters. The number of nitrogens with one attached hydrogen (secondary N) is 2. The Bertz CT molecular complexity index is 736. The van der Waals surface area contributed by atoms with E-state index in [1.54, 1.807) is 25.4 Å². The molecule has 0 spiro atoms. The molecule has 7 nitrogen and oxygen atoms in total. The van der Waals surface area contributed by atoms with Crippen molar-refractivity contribution in [3.63, 3.8) is 0 Å². The summed E-state index contributed by atoms with van der Waals surface area (Å²) in [6.45, 7) is 2.26. The Morgan fingerprint density at radius 1 is 1.16 bits per heavy atom. The van der Waals surface area contributed by atoms with Gasteiger partial charge in [-0.3, -0.25) is 9.78 Å². The Morgan fingerprint density at radius 2 is 1.96 bits per heavy atom. The number of rotatable bonds is 7. The second kappa shape index (κ2) is 8.34. The van der Waals surface area contributed by atoms with Gasteiger partial charge in [0.1, 0.15) is 18.9 Å².